The Morgan fingerprint density at radius 1 is 1.40 bits per heavy atom. The van der Waals surface area contributed by atoms with Gasteiger partial charge in [-0.1, -0.05) is 6.08 Å². The number of methoxy groups -OCH3 is 1. The van der Waals surface area contributed by atoms with E-state index < -0.39 is 30.6 Å². The molecular formula is C17H23NO7. The van der Waals surface area contributed by atoms with Gasteiger partial charge in [-0.25, -0.2) is 9.59 Å². The molecule has 0 bridgehead atoms. The number of hydrogen-bond acceptors (Lipinski definition) is 7. The third-order valence-electron chi connectivity index (χ3n) is 3.33. The molecule has 1 aromatic rings. The van der Waals surface area contributed by atoms with Crippen molar-refractivity contribution in [3.05, 3.63) is 35.8 Å². The summed E-state index contributed by atoms with van der Waals surface area (Å²) in [6.07, 6.45) is 0.725. The maximum atomic E-state index is 12.0. The number of rotatable bonds is 9. The fourth-order valence-corrected chi connectivity index (χ4v) is 1.90. The highest BCUT2D eigenvalue weighted by atomic mass is 16.6. The molecule has 1 unspecified atom stereocenters. The van der Waals surface area contributed by atoms with Crippen LogP contribution in [0.3, 0.4) is 0 Å². The minimum Gasteiger partial charge on any atom is -0.465 e. The van der Waals surface area contributed by atoms with Crippen LogP contribution in [0.2, 0.25) is 0 Å². The predicted octanol–water partition coefficient (Wildman–Crippen LogP) is 1.47. The van der Waals surface area contributed by atoms with E-state index in [1.165, 1.54) is 38.1 Å². The summed E-state index contributed by atoms with van der Waals surface area (Å²) in [7, 11) is 2.81. The Balaban J connectivity index is 2.53. The number of esters is 2. The predicted molar refractivity (Wildman–Crippen MR) is 87.8 cm³/mol. The average Bonchev–Trinajstić information content (AvgIpc) is 2.96. The van der Waals surface area contributed by atoms with E-state index in [1.54, 1.807) is 6.92 Å². The van der Waals surface area contributed by atoms with Crippen molar-refractivity contribution in [3.63, 3.8) is 0 Å². The third-order valence-corrected chi connectivity index (χ3v) is 3.33. The zero-order valence-electron chi connectivity index (χ0n) is 14.9. The molecule has 0 aliphatic carbocycles. The van der Waals surface area contributed by atoms with Gasteiger partial charge in [-0.15, -0.1) is 6.58 Å². The minimum absolute atomic E-state index is 0.122. The molecular weight excluding hydrogens is 330 g/mol. The lowest BCUT2D eigenvalue weighted by atomic mass is 10.2. The first-order valence-electron chi connectivity index (χ1n) is 7.60. The summed E-state index contributed by atoms with van der Waals surface area (Å²) in [5.74, 6) is -0.739. The number of carbonyl (C=O) groups excluding carboxylic acids is 3. The molecule has 1 aromatic heterocycles. The van der Waals surface area contributed by atoms with Gasteiger partial charge in [0, 0.05) is 7.05 Å². The van der Waals surface area contributed by atoms with Crippen molar-refractivity contribution in [3.8, 4) is 0 Å². The Morgan fingerprint density at radius 2 is 2.08 bits per heavy atom. The molecule has 0 N–H and O–H groups in total. The Labute approximate surface area is 146 Å². The summed E-state index contributed by atoms with van der Waals surface area (Å²) >= 11 is 0. The average molecular weight is 353 g/mol. The Bertz CT molecular complexity index is 635. The summed E-state index contributed by atoms with van der Waals surface area (Å²) in [5.41, 5.74) is 0.304. The second-order valence-corrected chi connectivity index (χ2v) is 5.30. The van der Waals surface area contributed by atoms with Gasteiger partial charge in [-0.3, -0.25) is 4.79 Å². The fourth-order valence-electron chi connectivity index (χ4n) is 1.90. The number of aryl methyl sites for hydroxylation is 1. The van der Waals surface area contributed by atoms with E-state index in [0.29, 0.717) is 17.1 Å². The summed E-state index contributed by atoms with van der Waals surface area (Å²) in [6.45, 7) is 6.55. The molecule has 1 amide bonds. The zero-order valence-corrected chi connectivity index (χ0v) is 14.9. The second-order valence-electron chi connectivity index (χ2n) is 5.30. The molecule has 0 fully saturated rings. The molecule has 0 aliphatic heterocycles. The number of likely N-dealkylation sites (N-methyl/N-ethyl adjacent to an activating group) is 1. The first kappa shape index (κ1) is 20.4. The molecule has 0 saturated carbocycles. The van der Waals surface area contributed by atoms with Gasteiger partial charge in [0.15, 0.2) is 12.7 Å². The smallest absolute Gasteiger partial charge is 0.341 e. The number of hydrogen-bond donors (Lipinski definition) is 0. The van der Waals surface area contributed by atoms with Crippen molar-refractivity contribution in [2.75, 3.05) is 27.4 Å². The van der Waals surface area contributed by atoms with Crippen molar-refractivity contribution < 1.29 is 33.0 Å². The number of nitrogens with zero attached hydrogens (tertiary/aromatic N) is 1. The summed E-state index contributed by atoms with van der Waals surface area (Å²) < 4.78 is 20.1. The van der Waals surface area contributed by atoms with Gasteiger partial charge in [0.1, 0.15) is 17.1 Å². The fraction of sp³-hybridized carbons (Fsp3) is 0.471. The SMILES string of the molecule is C=CCOC(C)C(=O)OCC(=O)N(C)Cc1cc(C(=O)OC)c(C)o1. The number of amides is 1. The lowest BCUT2D eigenvalue weighted by Crippen LogP contribution is -2.33. The summed E-state index contributed by atoms with van der Waals surface area (Å²) in [5, 5.41) is 0. The molecule has 0 spiro atoms. The third kappa shape index (κ3) is 6.07. The van der Waals surface area contributed by atoms with Crippen LogP contribution in [0.5, 0.6) is 0 Å². The van der Waals surface area contributed by atoms with Crippen molar-refractivity contribution in [1.82, 2.24) is 4.90 Å². The van der Waals surface area contributed by atoms with Crippen LogP contribution in [0.4, 0.5) is 0 Å². The minimum atomic E-state index is -0.786. The molecule has 1 heterocycles. The molecule has 0 saturated heterocycles. The van der Waals surface area contributed by atoms with Crippen LogP contribution in [-0.4, -0.2) is 56.2 Å². The van der Waals surface area contributed by atoms with E-state index in [4.69, 9.17) is 13.9 Å². The van der Waals surface area contributed by atoms with E-state index in [9.17, 15) is 14.4 Å². The van der Waals surface area contributed by atoms with Crippen LogP contribution >= 0.6 is 0 Å². The van der Waals surface area contributed by atoms with Crippen molar-refractivity contribution >= 4 is 17.8 Å². The van der Waals surface area contributed by atoms with E-state index in [2.05, 4.69) is 11.3 Å². The summed E-state index contributed by atoms with van der Waals surface area (Å²) in [6, 6.07) is 1.52. The van der Waals surface area contributed by atoms with Crippen molar-refractivity contribution in [1.29, 1.82) is 0 Å². The lowest BCUT2D eigenvalue weighted by Gasteiger charge is -2.17. The van der Waals surface area contributed by atoms with Crippen LogP contribution in [0.15, 0.2) is 23.1 Å². The van der Waals surface area contributed by atoms with Gasteiger partial charge in [0.25, 0.3) is 5.91 Å². The molecule has 8 nitrogen and oxygen atoms in total. The largest absolute Gasteiger partial charge is 0.465 e. The van der Waals surface area contributed by atoms with Crippen LogP contribution in [0.1, 0.15) is 28.8 Å². The standard InChI is InChI=1S/C17H23NO7/c1-6-7-23-12(3)16(20)24-10-15(19)18(4)9-13-8-14(11(2)25-13)17(21)22-5/h6,8,12H,1,7,9-10H2,2-5H3. The molecule has 0 aromatic carbocycles. The first-order valence-corrected chi connectivity index (χ1v) is 7.60. The molecule has 25 heavy (non-hydrogen) atoms. The normalized spacial score (nSPS) is 11.5. The highest BCUT2D eigenvalue weighted by molar-refractivity contribution is 5.90. The van der Waals surface area contributed by atoms with E-state index in [-0.39, 0.29) is 13.2 Å². The van der Waals surface area contributed by atoms with Gasteiger partial charge in [0.2, 0.25) is 0 Å². The monoisotopic (exact) mass is 353 g/mol. The second kappa shape index (κ2) is 9.63. The molecule has 8 heteroatoms. The summed E-state index contributed by atoms with van der Waals surface area (Å²) in [4.78, 5) is 36.6. The molecule has 0 radical (unpaired) electrons. The maximum absolute atomic E-state index is 12.0. The number of ether oxygens (including phenoxy) is 3. The lowest BCUT2D eigenvalue weighted by molar-refractivity contribution is -0.160. The molecule has 0 aliphatic rings. The van der Waals surface area contributed by atoms with Crippen LogP contribution in [0, 0.1) is 6.92 Å². The molecule has 1 rings (SSSR count). The van der Waals surface area contributed by atoms with Gasteiger partial charge in [0.05, 0.1) is 20.3 Å². The highest BCUT2D eigenvalue weighted by Crippen LogP contribution is 2.17. The van der Waals surface area contributed by atoms with Crippen molar-refractivity contribution in [2.45, 2.75) is 26.5 Å². The molecule has 1 atom stereocenters. The maximum Gasteiger partial charge on any atom is 0.341 e. The van der Waals surface area contributed by atoms with Crippen LogP contribution in [0.25, 0.3) is 0 Å². The quantitative estimate of drug-likeness (QED) is 0.490. The van der Waals surface area contributed by atoms with Crippen LogP contribution < -0.4 is 0 Å². The van der Waals surface area contributed by atoms with Gasteiger partial charge < -0.3 is 23.5 Å². The van der Waals surface area contributed by atoms with Gasteiger partial charge >= 0.3 is 11.9 Å². The van der Waals surface area contributed by atoms with Crippen molar-refractivity contribution in [2.24, 2.45) is 0 Å². The van der Waals surface area contributed by atoms with E-state index >= 15 is 0 Å². The topological polar surface area (TPSA) is 95.3 Å². The van der Waals surface area contributed by atoms with Gasteiger partial charge in [-0.05, 0) is 19.9 Å². The Hall–Kier alpha value is -2.61. The highest BCUT2D eigenvalue weighted by Gasteiger charge is 2.20. The number of carbonyl (C=O) groups is 3. The number of furan rings is 1. The first-order chi connectivity index (χ1) is 11.8. The Kier molecular flexibility index (Phi) is 7.87. The van der Waals surface area contributed by atoms with E-state index in [1.807, 2.05) is 0 Å². The van der Waals surface area contributed by atoms with Crippen LogP contribution in [-0.2, 0) is 30.3 Å². The Morgan fingerprint density at radius 3 is 2.68 bits per heavy atom. The van der Waals surface area contributed by atoms with E-state index in [0.717, 1.165) is 0 Å². The van der Waals surface area contributed by atoms with Gasteiger partial charge in [-0.2, -0.15) is 0 Å². The zero-order chi connectivity index (χ0) is 19.0. The molecule has 138 valence electrons.